The quantitative estimate of drug-likeness (QED) is 0.0540. The number of esters is 1. The standard InChI is InChI=1S/C30H44F5N3O8/c1-8-17(3)27(18(9-2)43-7)38(6)20(40)16-36-29(42)30(4,5)37-19(39)10-12-44-14-15-45-13-11-21(41)46-28-25(34)23(32)22(31)24(33)26(28)35/h17-18,27H,8-16H2,1-7H3,(H,36,42)(H,37,39). The first-order valence-electron chi connectivity index (χ1n) is 14.8. The maximum atomic E-state index is 13.6. The number of ether oxygens (including phenoxy) is 4. The van der Waals surface area contributed by atoms with Gasteiger partial charge in [0.25, 0.3) is 0 Å². The number of carbonyl (C=O) groups is 4. The third-order valence-electron chi connectivity index (χ3n) is 7.25. The molecule has 0 aromatic heterocycles. The molecule has 0 bridgehead atoms. The lowest BCUT2D eigenvalue weighted by molar-refractivity contribution is -0.139. The molecule has 0 radical (unpaired) electrons. The molecule has 3 amide bonds. The minimum Gasteiger partial charge on any atom is -0.420 e. The summed E-state index contributed by atoms with van der Waals surface area (Å²) in [6, 6.07) is -0.178. The molecular weight excluding hydrogens is 625 g/mol. The maximum Gasteiger partial charge on any atom is 0.313 e. The summed E-state index contributed by atoms with van der Waals surface area (Å²) in [5, 5.41) is 5.15. The number of halogens is 5. The van der Waals surface area contributed by atoms with Crippen LogP contribution >= 0.6 is 0 Å². The molecule has 0 aliphatic carbocycles. The van der Waals surface area contributed by atoms with E-state index in [0.29, 0.717) is 6.42 Å². The van der Waals surface area contributed by atoms with E-state index in [1.165, 1.54) is 13.8 Å². The number of hydrogen-bond acceptors (Lipinski definition) is 8. The molecule has 0 saturated carbocycles. The second-order valence-corrected chi connectivity index (χ2v) is 11.0. The predicted molar refractivity (Wildman–Crippen MR) is 155 cm³/mol. The first-order chi connectivity index (χ1) is 21.5. The Morgan fingerprint density at radius 3 is 1.85 bits per heavy atom. The molecule has 16 heteroatoms. The van der Waals surface area contributed by atoms with Gasteiger partial charge in [0.1, 0.15) is 5.54 Å². The van der Waals surface area contributed by atoms with Crippen molar-refractivity contribution in [2.24, 2.45) is 5.92 Å². The molecule has 0 aliphatic rings. The molecule has 0 spiro atoms. The summed E-state index contributed by atoms with van der Waals surface area (Å²) in [7, 11) is 3.27. The maximum absolute atomic E-state index is 13.6. The van der Waals surface area contributed by atoms with Gasteiger partial charge in [0.05, 0.1) is 51.5 Å². The Labute approximate surface area is 265 Å². The van der Waals surface area contributed by atoms with Crippen molar-refractivity contribution in [3.63, 3.8) is 0 Å². The van der Waals surface area contributed by atoms with E-state index in [0.717, 1.165) is 6.42 Å². The average molecular weight is 670 g/mol. The lowest BCUT2D eigenvalue weighted by Gasteiger charge is -2.37. The van der Waals surface area contributed by atoms with Crippen LogP contribution in [-0.4, -0.2) is 93.4 Å². The van der Waals surface area contributed by atoms with E-state index in [-0.39, 0.29) is 63.4 Å². The van der Waals surface area contributed by atoms with Crippen LogP contribution < -0.4 is 15.4 Å². The first-order valence-corrected chi connectivity index (χ1v) is 14.8. The highest BCUT2D eigenvalue weighted by molar-refractivity contribution is 5.93. The van der Waals surface area contributed by atoms with Crippen molar-refractivity contribution in [3.05, 3.63) is 29.1 Å². The molecule has 11 nitrogen and oxygen atoms in total. The van der Waals surface area contributed by atoms with E-state index in [4.69, 9.17) is 14.2 Å². The number of rotatable bonds is 20. The van der Waals surface area contributed by atoms with E-state index >= 15 is 0 Å². The van der Waals surface area contributed by atoms with Crippen molar-refractivity contribution < 1.29 is 60.1 Å². The third kappa shape index (κ3) is 11.8. The molecule has 0 heterocycles. The number of benzene rings is 1. The summed E-state index contributed by atoms with van der Waals surface area (Å²) in [6.07, 6.45) is 0.705. The van der Waals surface area contributed by atoms with E-state index in [2.05, 4.69) is 15.4 Å². The molecule has 3 atom stereocenters. The number of methoxy groups -OCH3 is 1. The zero-order chi connectivity index (χ0) is 35.2. The zero-order valence-electron chi connectivity index (χ0n) is 27.2. The van der Waals surface area contributed by atoms with Crippen LogP contribution in [0, 0.1) is 35.0 Å². The van der Waals surface area contributed by atoms with E-state index in [9.17, 15) is 41.1 Å². The summed E-state index contributed by atoms with van der Waals surface area (Å²) in [5.74, 6) is -15.6. The third-order valence-corrected chi connectivity index (χ3v) is 7.25. The predicted octanol–water partition coefficient (Wildman–Crippen LogP) is 3.41. The number of carbonyl (C=O) groups excluding carboxylic acids is 4. The fraction of sp³-hybridized carbons (Fsp3) is 0.667. The highest BCUT2D eigenvalue weighted by Gasteiger charge is 2.33. The lowest BCUT2D eigenvalue weighted by Crippen LogP contribution is -2.57. The van der Waals surface area contributed by atoms with Crippen molar-refractivity contribution in [2.45, 2.75) is 78.0 Å². The van der Waals surface area contributed by atoms with Crippen molar-refractivity contribution in [2.75, 3.05) is 47.1 Å². The summed E-state index contributed by atoms with van der Waals surface area (Å²) in [6.45, 7) is 8.30. The Morgan fingerprint density at radius 2 is 1.35 bits per heavy atom. The SMILES string of the molecule is CCC(C)C(C(CC)OC)N(C)C(=O)CNC(=O)C(C)(C)NC(=O)CCOCCOCCC(=O)Oc1c(F)c(F)c(F)c(F)c1F. The van der Waals surface area contributed by atoms with Crippen molar-refractivity contribution in [1.29, 1.82) is 0 Å². The van der Waals surface area contributed by atoms with Gasteiger partial charge in [0, 0.05) is 20.6 Å². The summed E-state index contributed by atoms with van der Waals surface area (Å²) in [5.41, 5.74) is -1.33. The number of nitrogens with one attached hydrogen (secondary N) is 2. The number of nitrogens with zero attached hydrogens (tertiary/aromatic N) is 1. The van der Waals surface area contributed by atoms with Crippen LogP contribution in [0.25, 0.3) is 0 Å². The van der Waals surface area contributed by atoms with Gasteiger partial charge in [-0.1, -0.05) is 27.2 Å². The smallest absolute Gasteiger partial charge is 0.313 e. The van der Waals surface area contributed by atoms with Crippen LogP contribution in [0.1, 0.15) is 60.3 Å². The van der Waals surface area contributed by atoms with Gasteiger partial charge in [-0.25, -0.2) is 13.2 Å². The average Bonchev–Trinajstić information content (AvgIpc) is 3.02. The van der Waals surface area contributed by atoms with Crippen LogP contribution in [0.4, 0.5) is 22.0 Å². The molecule has 1 aromatic rings. The van der Waals surface area contributed by atoms with E-state index in [1.807, 2.05) is 20.8 Å². The molecule has 0 fully saturated rings. The lowest BCUT2D eigenvalue weighted by atomic mass is 9.91. The second-order valence-electron chi connectivity index (χ2n) is 11.0. The van der Waals surface area contributed by atoms with Gasteiger partial charge in [-0.15, -0.1) is 0 Å². The molecule has 3 unspecified atom stereocenters. The Morgan fingerprint density at radius 1 is 0.826 bits per heavy atom. The van der Waals surface area contributed by atoms with Crippen molar-refractivity contribution in [3.8, 4) is 5.75 Å². The van der Waals surface area contributed by atoms with Crippen LogP contribution in [0.3, 0.4) is 0 Å². The van der Waals surface area contributed by atoms with Gasteiger partial charge in [-0.3, -0.25) is 19.2 Å². The number of likely N-dealkylation sites (N-methyl/N-ethyl adjacent to an activating group) is 1. The summed E-state index contributed by atoms with van der Waals surface area (Å²) >= 11 is 0. The summed E-state index contributed by atoms with van der Waals surface area (Å²) in [4.78, 5) is 51.3. The van der Waals surface area contributed by atoms with Crippen LogP contribution in [0.2, 0.25) is 0 Å². The molecule has 2 N–H and O–H groups in total. The molecule has 262 valence electrons. The first kappa shape index (κ1) is 40.7. The van der Waals surface area contributed by atoms with Crippen LogP contribution in [0.5, 0.6) is 5.75 Å². The van der Waals surface area contributed by atoms with E-state index in [1.54, 1.807) is 19.1 Å². The highest BCUT2D eigenvalue weighted by Crippen LogP contribution is 2.29. The monoisotopic (exact) mass is 669 g/mol. The Kier molecular flexibility index (Phi) is 17.1. The fourth-order valence-corrected chi connectivity index (χ4v) is 4.40. The highest BCUT2D eigenvalue weighted by atomic mass is 19.2. The van der Waals surface area contributed by atoms with Crippen molar-refractivity contribution >= 4 is 23.7 Å². The zero-order valence-corrected chi connectivity index (χ0v) is 27.2. The number of hydrogen-bond donors (Lipinski definition) is 2. The van der Waals surface area contributed by atoms with Gasteiger partial charge in [-0.05, 0) is 26.2 Å². The minimum absolute atomic E-state index is 0.0148. The Balaban J connectivity index is 2.37. The van der Waals surface area contributed by atoms with Crippen molar-refractivity contribution in [1.82, 2.24) is 15.5 Å². The van der Waals surface area contributed by atoms with Crippen LogP contribution in [0.15, 0.2) is 0 Å². The largest absolute Gasteiger partial charge is 0.420 e. The molecule has 0 aliphatic heterocycles. The Bertz CT molecular complexity index is 1170. The molecular formula is C30H44F5N3O8. The molecule has 1 rings (SSSR count). The number of amides is 3. The topological polar surface area (TPSA) is 132 Å². The molecule has 46 heavy (non-hydrogen) atoms. The van der Waals surface area contributed by atoms with Gasteiger partial charge < -0.3 is 34.5 Å². The van der Waals surface area contributed by atoms with Crippen LogP contribution in [-0.2, 0) is 33.4 Å². The Hall–Kier alpha value is -3.37. The molecule has 1 aromatic carbocycles. The van der Waals surface area contributed by atoms with Gasteiger partial charge in [-0.2, -0.15) is 8.78 Å². The minimum atomic E-state index is -2.38. The second kappa shape index (κ2) is 19.3. The summed E-state index contributed by atoms with van der Waals surface area (Å²) < 4.78 is 86.8. The molecule has 0 saturated heterocycles. The van der Waals surface area contributed by atoms with Gasteiger partial charge in [0.15, 0.2) is 0 Å². The van der Waals surface area contributed by atoms with Gasteiger partial charge in [0.2, 0.25) is 52.6 Å². The van der Waals surface area contributed by atoms with E-state index < -0.39 is 64.6 Å². The van der Waals surface area contributed by atoms with Gasteiger partial charge >= 0.3 is 5.97 Å². The normalized spacial score (nSPS) is 13.5. The fourth-order valence-electron chi connectivity index (χ4n) is 4.40.